The van der Waals surface area contributed by atoms with E-state index in [-0.39, 0.29) is 5.91 Å². The zero-order chi connectivity index (χ0) is 18.8. The van der Waals surface area contributed by atoms with E-state index >= 15 is 0 Å². The standard InChI is InChI=1S/C19H31N3O3S/c1-4-10-22(11-5-2)18(23)19(24-3,16-21-12-14-25-15-13-21)26-17-8-6-7-9-20-17/h6-9H,4-5,10-16H2,1-3H3. The van der Waals surface area contributed by atoms with E-state index in [1.165, 1.54) is 11.8 Å². The summed E-state index contributed by atoms with van der Waals surface area (Å²) in [7, 11) is 1.63. The Morgan fingerprint density at radius 2 is 2.00 bits per heavy atom. The van der Waals surface area contributed by atoms with Crippen molar-refractivity contribution < 1.29 is 14.3 Å². The first-order valence-electron chi connectivity index (χ1n) is 9.40. The van der Waals surface area contributed by atoms with Crippen LogP contribution in [-0.2, 0) is 14.3 Å². The van der Waals surface area contributed by atoms with Crippen molar-refractivity contribution in [3.05, 3.63) is 24.4 Å². The van der Waals surface area contributed by atoms with E-state index in [9.17, 15) is 4.79 Å². The predicted molar refractivity (Wildman–Crippen MR) is 104 cm³/mol. The first-order valence-corrected chi connectivity index (χ1v) is 10.2. The van der Waals surface area contributed by atoms with E-state index in [2.05, 4.69) is 23.7 Å². The maximum absolute atomic E-state index is 13.5. The third kappa shape index (κ3) is 5.67. The van der Waals surface area contributed by atoms with Crippen LogP contribution in [0.1, 0.15) is 26.7 Å². The lowest BCUT2D eigenvalue weighted by Crippen LogP contribution is -2.56. The van der Waals surface area contributed by atoms with Crippen LogP contribution in [0.3, 0.4) is 0 Å². The number of amides is 1. The second kappa shape index (κ2) is 10.9. The normalized spacial score (nSPS) is 17.7. The molecule has 7 heteroatoms. The van der Waals surface area contributed by atoms with Crippen LogP contribution in [-0.4, -0.2) is 78.7 Å². The third-order valence-corrected chi connectivity index (χ3v) is 5.62. The molecule has 0 spiro atoms. The molecule has 6 nitrogen and oxygen atoms in total. The van der Waals surface area contributed by atoms with Gasteiger partial charge in [-0.15, -0.1) is 0 Å². The average molecular weight is 382 g/mol. The van der Waals surface area contributed by atoms with Crippen molar-refractivity contribution in [1.29, 1.82) is 0 Å². The molecule has 1 atom stereocenters. The summed E-state index contributed by atoms with van der Waals surface area (Å²) in [6.07, 6.45) is 3.60. The Balaban J connectivity index is 2.28. The summed E-state index contributed by atoms with van der Waals surface area (Å²) in [5, 5.41) is 0.795. The third-order valence-electron chi connectivity index (χ3n) is 4.37. The number of carbonyl (C=O) groups excluding carboxylic acids is 1. The molecule has 0 N–H and O–H groups in total. The highest BCUT2D eigenvalue weighted by Crippen LogP contribution is 2.35. The van der Waals surface area contributed by atoms with Crippen LogP contribution in [0.25, 0.3) is 0 Å². The molecule has 0 bridgehead atoms. The number of morpholine rings is 1. The Hall–Kier alpha value is -1.15. The highest BCUT2D eigenvalue weighted by molar-refractivity contribution is 8.01. The number of hydrogen-bond donors (Lipinski definition) is 0. The number of nitrogens with zero attached hydrogens (tertiary/aromatic N) is 3. The average Bonchev–Trinajstić information content (AvgIpc) is 2.68. The van der Waals surface area contributed by atoms with Gasteiger partial charge in [0.2, 0.25) is 4.93 Å². The molecule has 2 heterocycles. The van der Waals surface area contributed by atoms with Gasteiger partial charge in [0.05, 0.1) is 18.2 Å². The molecule has 0 aliphatic carbocycles. The van der Waals surface area contributed by atoms with Gasteiger partial charge >= 0.3 is 0 Å². The van der Waals surface area contributed by atoms with E-state index in [1.54, 1.807) is 13.3 Å². The van der Waals surface area contributed by atoms with Gasteiger partial charge in [-0.2, -0.15) is 0 Å². The van der Waals surface area contributed by atoms with Crippen molar-refractivity contribution in [2.45, 2.75) is 36.6 Å². The summed E-state index contributed by atoms with van der Waals surface area (Å²) in [6, 6.07) is 5.74. The monoisotopic (exact) mass is 381 g/mol. The Bertz CT molecular complexity index is 534. The van der Waals surface area contributed by atoms with Gasteiger partial charge in [0.25, 0.3) is 5.91 Å². The van der Waals surface area contributed by atoms with Crippen molar-refractivity contribution >= 4 is 17.7 Å². The SMILES string of the molecule is CCCN(CCC)C(=O)C(CN1CCOCC1)(OC)Sc1ccccn1. The lowest BCUT2D eigenvalue weighted by molar-refractivity contribution is -0.147. The molecule has 2 rings (SSSR count). The lowest BCUT2D eigenvalue weighted by atomic mass is 10.2. The van der Waals surface area contributed by atoms with Gasteiger partial charge in [-0.1, -0.05) is 31.7 Å². The number of hydrogen-bond acceptors (Lipinski definition) is 6. The summed E-state index contributed by atoms with van der Waals surface area (Å²) in [5.74, 6) is 0.0332. The minimum atomic E-state index is -1.00. The van der Waals surface area contributed by atoms with Gasteiger partial charge < -0.3 is 14.4 Å². The van der Waals surface area contributed by atoms with Crippen LogP contribution in [0.4, 0.5) is 0 Å². The summed E-state index contributed by atoms with van der Waals surface area (Å²) < 4.78 is 11.4. The van der Waals surface area contributed by atoms with Gasteiger partial charge in [0.1, 0.15) is 0 Å². The number of ether oxygens (including phenoxy) is 2. The predicted octanol–water partition coefficient (Wildman–Crippen LogP) is 2.50. The van der Waals surface area contributed by atoms with Gasteiger partial charge in [0, 0.05) is 46.0 Å². The maximum atomic E-state index is 13.5. The number of aromatic nitrogens is 1. The van der Waals surface area contributed by atoms with E-state index in [1.807, 2.05) is 23.1 Å². The maximum Gasteiger partial charge on any atom is 0.267 e. The molecule has 1 aromatic rings. The fourth-order valence-corrected chi connectivity index (χ4v) is 4.21. The zero-order valence-electron chi connectivity index (χ0n) is 16.1. The Labute approximate surface area is 161 Å². The fourth-order valence-electron chi connectivity index (χ4n) is 3.06. The molecule has 26 heavy (non-hydrogen) atoms. The van der Waals surface area contributed by atoms with Gasteiger partial charge in [-0.25, -0.2) is 4.98 Å². The smallest absolute Gasteiger partial charge is 0.267 e. The van der Waals surface area contributed by atoms with Gasteiger partial charge in [0.15, 0.2) is 0 Å². The summed E-state index contributed by atoms with van der Waals surface area (Å²) in [6.45, 7) is 9.19. The Morgan fingerprint density at radius 1 is 1.31 bits per heavy atom. The molecule has 1 aromatic heterocycles. The molecule has 0 saturated carbocycles. The lowest BCUT2D eigenvalue weighted by Gasteiger charge is -2.39. The minimum absolute atomic E-state index is 0.0332. The van der Waals surface area contributed by atoms with Crippen LogP contribution in [0, 0.1) is 0 Å². The number of methoxy groups -OCH3 is 1. The van der Waals surface area contributed by atoms with E-state index in [0.29, 0.717) is 19.8 Å². The molecule has 1 amide bonds. The molecule has 146 valence electrons. The van der Waals surface area contributed by atoms with Crippen molar-refractivity contribution in [1.82, 2.24) is 14.8 Å². The quantitative estimate of drug-likeness (QED) is 0.458. The topological polar surface area (TPSA) is 54.9 Å². The molecule has 1 fully saturated rings. The van der Waals surface area contributed by atoms with Crippen molar-refractivity contribution in [3.63, 3.8) is 0 Å². The van der Waals surface area contributed by atoms with E-state index < -0.39 is 4.93 Å². The molecule has 0 radical (unpaired) electrons. The number of rotatable bonds is 10. The molecular formula is C19H31N3O3S. The second-order valence-corrected chi connectivity index (χ2v) is 7.69. The molecule has 1 unspecified atom stereocenters. The Morgan fingerprint density at radius 3 is 2.54 bits per heavy atom. The number of thioether (sulfide) groups is 1. The summed E-state index contributed by atoms with van der Waals surface area (Å²) in [5.41, 5.74) is 0. The highest BCUT2D eigenvalue weighted by atomic mass is 32.2. The van der Waals surface area contributed by atoms with Crippen molar-refractivity contribution in [2.75, 3.05) is 53.0 Å². The van der Waals surface area contributed by atoms with Crippen LogP contribution < -0.4 is 0 Å². The summed E-state index contributed by atoms with van der Waals surface area (Å²) in [4.78, 5) is 21.1. The van der Waals surface area contributed by atoms with Crippen LogP contribution >= 0.6 is 11.8 Å². The number of pyridine rings is 1. The van der Waals surface area contributed by atoms with Gasteiger partial charge in [-0.3, -0.25) is 9.69 Å². The highest BCUT2D eigenvalue weighted by Gasteiger charge is 2.44. The largest absolute Gasteiger partial charge is 0.379 e. The Kier molecular flexibility index (Phi) is 8.84. The first-order chi connectivity index (χ1) is 12.6. The molecular weight excluding hydrogens is 350 g/mol. The van der Waals surface area contributed by atoms with Crippen molar-refractivity contribution in [2.24, 2.45) is 0 Å². The van der Waals surface area contributed by atoms with Crippen LogP contribution in [0.5, 0.6) is 0 Å². The second-order valence-electron chi connectivity index (χ2n) is 6.41. The van der Waals surface area contributed by atoms with Gasteiger partial charge in [-0.05, 0) is 25.0 Å². The fraction of sp³-hybridized carbons (Fsp3) is 0.684. The first kappa shape index (κ1) is 21.2. The van der Waals surface area contributed by atoms with Crippen molar-refractivity contribution in [3.8, 4) is 0 Å². The molecule has 0 aromatic carbocycles. The molecule has 1 aliphatic rings. The van der Waals surface area contributed by atoms with E-state index in [0.717, 1.165) is 44.0 Å². The number of carbonyl (C=O) groups is 1. The summed E-state index contributed by atoms with van der Waals surface area (Å²) >= 11 is 1.41. The van der Waals surface area contributed by atoms with E-state index in [4.69, 9.17) is 9.47 Å². The minimum Gasteiger partial charge on any atom is -0.379 e. The van der Waals surface area contributed by atoms with Crippen LogP contribution in [0.2, 0.25) is 0 Å². The zero-order valence-corrected chi connectivity index (χ0v) is 17.0. The molecule has 1 saturated heterocycles. The van der Waals surface area contributed by atoms with Crippen LogP contribution in [0.15, 0.2) is 29.4 Å². The molecule has 1 aliphatic heterocycles.